The molecule has 0 spiro atoms. The summed E-state index contributed by atoms with van der Waals surface area (Å²) in [7, 11) is 0. The molecule has 0 saturated carbocycles. The SMILES string of the molecule is CC1(C(=O)O)CCCN(C(=O)COc2ccc(C#N)cc2)C1. The van der Waals surface area contributed by atoms with Crippen molar-refractivity contribution in [3.63, 3.8) is 0 Å². The van der Waals surface area contributed by atoms with Gasteiger partial charge in [-0.25, -0.2) is 0 Å². The minimum Gasteiger partial charge on any atom is -0.484 e. The van der Waals surface area contributed by atoms with Crippen LogP contribution in [0.3, 0.4) is 0 Å². The first-order valence-electron chi connectivity index (χ1n) is 7.09. The molecule has 22 heavy (non-hydrogen) atoms. The van der Waals surface area contributed by atoms with Gasteiger partial charge < -0.3 is 14.7 Å². The molecule has 0 aromatic heterocycles. The largest absolute Gasteiger partial charge is 0.484 e. The molecule has 1 aliphatic heterocycles. The fourth-order valence-electron chi connectivity index (χ4n) is 2.49. The third kappa shape index (κ3) is 3.55. The Labute approximate surface area is 128 Å². The number of piperidine rings is 1. The summed E-state index contributed by atoms with van der Waals surface area (Å²) in [5.74, 6) is -0.597. The van der Waals surface area contributed by atoms with Crippen LogP contribution in [-0.2, 0) is 9.59 Å². The van der Waals surface area contributed by atoms with E-state index in [9.17, 15) is 14.7 Å². The second-order valence-corrected chi connectivity index (χ2v) is 5.71. The van der Waals surface area contributed by atoms with E-state index in [0.29, 0.717) is 30.7 Å². The van der Waals surface area contributed by atoms with Crippen LogP contribution in [0.25, 0.3) is 0 Å². The molecule has 1 aromatic rings. The Bertz CT molecular complexity index is 606. The molecule has 6 nitrogen and oxygen atoms in total. The number of nitriles is 1. The van der Waals surface area contributed by atoms with Crippen LogP contribution < -0.4 is 4.74 Å². The van der Waals surface area contributed by atoms with Gasteiger partial charge in [0.05, 0.1) is 17.0 Å². The standard InChI is InChI=1S/C16H18N2O4/c1-16(15(20)21)7-2-8-18(11-16)14(19)10-22-13-5-3-12(9-17)4-6-13/h3-6H,2,7-8,10-11H2,1H3,(H,20,21). The lowest BCUT2D eigenvalue weighted by atomic mass is 9.82. The number of likely N-dealkylation sites (tertiary alicyclic amines) is 1. The van der Waals surface area contributed by atoms with E-state index in [1.165, 1.54) is 0 Å². The van der Waals surface area contributed by atoms with Crippen LogP contribution >= 0.6 is 0 Å². The molecule has 1 fully saturated rings. The van der Waals surface area contributed by atoms with Crippen LogP contribution in [-0.4, -0.2) is 41.6 Å². The Morgan fingerprint density at radius 1 is 1.41 bits per heavy atom. The van der Waals surface area contributed by atoms with Crippen LogP contribution in [0.5, 0.6) is 5.75 Å². The molecule has 1 heterocycles. The number of hydrogen-bond acceptors (Lipinski definition) is 4. The smallest absolute Gasteiger partial charge is 0.311 e. The van der Waals surface area contributed by atoms with Gasteiger partial charge in [0.2, 0.25) is 0 Å². The van der Waals surface area contributed by atoms with Crippen LogP contribution in [0, 0.1) is 16.7 Å². The van der Waals surface area contributed by atoms with Gasteiger partial charge in [-0.15, -0.1) is 0 Å². The van der Waals surface area contributed by atoms with Gasteiger partial charge in [-0.1, -0.05) is 0 Å². The van der Waals surface area contributed by atoms with Crippen LogP contribution in [0.2, 0.25) is 0 Å². The van der Waals surface area contributed by atoms with E-state index < -0.39 is 11.4 Å². The van der Waals surface area contributed by atoms with Gasteiger partial charge >= 0.3 is 5.97 Å². The zero-order valence-corrected chi connectivity index (χ0v) is 12.4. The topological polar surface area (TPSA) is 90.6 Å². The molecule has 1 atom stereocenters. The molecule has 116 valence electrons. The highest BCUT2D eigenvalue weighted by atomic mass is 16.5. The van der Waals surface area contributed by atoms with E-state index in [2.05, 4.69) is 0 Å². The number of rotatable bonds is 4. The summed E-state index contributed by atoms with van der Waals surface area (Å²) in [4.78, 5) is 25.0. The van der Waals surface area contributed by atoms with Crippen LogP contribution in [0.15, 0.2) is 24.3 Å². The average Bonchev–Trinajstić information content (AvgIpc) is 2.53. The lowest BCUT2D eigenvalue weighted by molar-refractivity contribution is -0.153. The van der Waals surface area contributed by atoms with E-state index in [0.717, 1.165) is 0 Å². The summed E-state index contributed by atoms with van der Waals surface area (Å²) in [6, 6.07) is 8.49. The second kappa shape index (κ2) is 6.48. The Morgan fingerprint density at radius 2 is 2.09 bits per heavy atom. The number of ether oxygens (including phenoxy) is 1. The first kappa shape index (κ1) is 15.8. The highest BCUT2D eigenvalue weighted by Crippen LogP contribution is 2.29. The molecule has 1 aromatic carbocycles. The van der Waals surface area contributed by atoms with E-state index in [-0.39, 0.29) is 19.1 Å². The van der Waals surface area contributed by atoms with Gasteiger partial charge in [-0.3, -0.25) is 9.59 Å². The molecule has 0 radical (unpaired) electrons. The van der Waals surface area contributed by atoms with Crippen molar-refractivity contribution < 1.29 is 19.4 Å². The molecule has 1 unspecified atom stereocenters. The Balaban J connectivity index is 1.91. The molecule has 0 aliphatic carbocycles. The van der Waals surface area contributed by atoms with E-state index in [1.54, 1.807) is 36.1 Å². The van der Waals surface area contributed by atoms with Gasteiger partial charge in [0.1, 0.15) is 5.75 Å². The third-order valence-electron chi connectivity index (χ3n) is 3.91. The van der Waals surface area contributed by atoms with Crippen molar-refractivity contribution in [3.05, 3.63) is 29.8 Å². The minimum atomic E-state index is -0.887. The van der Waals surface area contributed by atoms with Crippen LogP contribution in [0.1, 0.15) is 25.3 Å². The normalized spacial score (nSPS) is 21.0. The Kier molecular flexibility index (Phi) is 4.66. The third-order valence-corrected chi connectivity index (χ3v) is 3.91. The monoisotopic (exact) mass is 302 g/mol. The van der Waals surface area contributed by atoms with Crippen LogP contribution in [0.4, 0.5) is 0 Å². The summed E-state index contributed by atoms with van der Waals surface area (Å²) >= 11 is 0. The summed E-state index contributed by atoms with van der Waals surface area (Å²) in [6.07, 6.45) is 1.24. The molecule has 6 heteroatoms. The number of amides is 1. The molecule has 1 amide bonds. The predicted molar refractivity (Wildman–Crippen MR) is 78.2 cm³/mol. The van der Waals surface area contributed by atoms with E-state index in [4.69, 9.17) is 10.00 Å². The van der Waals surface area contributed by atoms with Crippen molar-refractivity contribution in [1.29, 1.82) is 5.26 Å². The van der Waals surface area contributed by atoms with E-state index >= 15 is 0 Å². The van der Waals surface area contributed by atoms with E-state index in [1.807, 2.05) is 6.07 Å². The van der Waals surface area contributed by atoms with Crippen molar-refractivity contribution in [3.8, 4) is 11.8 Å². The summed E-state index contributed by atoms with van der Waals surface area (Å²) in [6.45, 7) is 2.29. The number of aliphatic carboxylic acids is 1. The number of hydrogen-bond donors (Lipinski definition) is 1. The highest BCUT2D eigenvalue weighted by molar-refractivity contribution is 5.80. The molecular formula is C16H18N2O4. The number of nitrogens with zero attached hydrogens (tertiary/aromatic N) is 2. The number of carboxylic acid groups (broad SMARTS) is 1. The maximum atomic E-state index is 12.2. The van der Waals surface area contributed by atoms with Gasteiger partial charge in [-0.05, 0) is 44.0 Å². The fourth-order valence-corrected chi connectivity index (χ4v) is 2.49. The van der Waals surface area contributed by atoms with Crippen molar-refractivity contribution in [2.45, 2.75) is 19.8 Å². The van der Waals surface area contributed by atoms with Gasteiger partial charge in [-0.2, -0.15) is 5.26 Å². The fraction of sp³-hybridized carbons (Fsp3) is 0.438. The van der Waals surface area contributed by atoms with Gasteiger partial charge in [0, 0.05) is 13.1 Å². The average molecular weight is 302 g/mol. The maximum absolute atomic E-state index is 12.2. The summed E-state index contributed by atoms with van der Waals surface area (Å²) < 4.78 is 5.40. The number of carbonyl (C=O) groups excluding carboxylic acids is 1. The van der Waals surface area contributed by atoms with Crippen molar-refractivity contribution in [1.82, 2.24) is 4.90 Å². The Hall–Kier alpha value is -2.55. The van der Waals surface area contributed by atoms with Crippen molar-refractivity contribution in [2.75, 3.05) is 19.7 Å². The predicted octanol–water partition coefficient (Wildman–Crippen LogP) is 1.65. The second-order valence-electron chi connectivity index (χ2n) is 5.71. The maximum Gasteiger partial charge on any atom is 0.311 e. The molecule has 1 saturated heterocycles. The Morgan fingerprint density at radius 3 is 2.68 bits per heavy atom. The lowest BCUT2D eigenvalue weighted by Gasteiger charge is -2.37. The molecular weight excluding hydrogens is 284 g/mol. The first-order valence-corrected chi connectivity index (χ1v) is 7.09. The lowest BCUT2D eigenvalue weighted by Crippen LogP contribution is -2.49. The van der Waals surface area contributed by atoms with Crippen molar-refractivity contribution in [2.24, 2.45) is 5.41 Å². The number of carbonyl (C=O) groups is 2. The zero-order chi connectivity index (χ0) is 16.2. The van der Waals surface area contributed by atoms with Crippen molar-refractivity contribution >= 4 is 11.9 Å². The number of carboxylic acids is 1. The molecule has 2 rings (SSSR count). The number of benzene rings is 1. The summed E-state index contributed by atoms with van der Waals surface area (Å²) in [5.41, 5.74) is -0.366. The molecule has 1 aliphatic rings. The minimum absolute atomic E-state index is 0.137. The first-order chi connectivity index (χ1) is 10.4. The van der Waals surface area contributed by atoms with Gasteiger partial charge in [0.15, 0.2) is 6.61 Å². The molecule has 1 N–H and O–H groups in total. The van der Waals surface area contributed by atoms with Gasteiger partial charge in [0.25, 0.3) is 5.91 Å². The highest BCUT2D eigenvalue weighted by Gasteiger charge is 2.39. The summed E-state index contributed by atoms with van der Waals surface area (Å²) in [5, 5.41) is 18.0. The quantitative estimate of drug-likeness (QED) is 0.913. The molecule has 0 bridgehead atoms. The zero-order valence-electron chi connectivity index (χ0n) is 12.4.